The van der Waals surface area contributed by atoms with Gasteiger partial charge in [0, 0.05) is 0 Å². The molecule has 0 bridgehead atoms. The van der Waals surface area contributed by atoms with E-state index in [0.29, 0.717) is 15.7 Å². The fourth-order valence-electron chi connectivity index (χ4n) is 2.70. The molecule has 0 saturated heterocycles. The number of carbonyl (C=O) groups excluding carboxylic acids is 1. The predicted molar refractivity (Wildman–Crippen MR) is 90.8 cm³/mol. The van der Waals surface area contributed by atoms with Crippen LogP contribution < -0.4 is 16.4 Å². The molecular weight excluding hydrogens is 306 g/mol. The van der Waals surface area contributed by atoms with Crippen molar-refractivity contribution < 1.29 is 4.79 Å². The molecule has 1 aliphatic rings. The van der Waals surface area contributed by atoms with Crippen LogP contribution in [-0.4, -0.2) is 16.6 Å². The molecule has 6 heteroatoms. The van der Waals surface area contributed by atoms with Crippen LogP contribution in [0.25, 0.3) is 0 Å². The molecule has 0 spiro atoms. The zero-order valence-corrected chi connectivity index (χ0v) is 13.4. The van der Waals surface area contributed by atoms with Crippen LogP contribution in [0.2, 0.25) is 5.02 Å². The van der Waals surface area contributed by atoms with Crippen molar-refractivity contribution in [3.63, 3.8) is 0 Å². The number of hydrogen-bond acceptors (Lipinski definition) is 2. The third kappa shape index (κ3) is 4.08. The van der Waals surface area contributed by atoms with Crippen molar-refractivity contribution in [3.8, 4) is 0 Å². The maximum absolute atomic E-state index is 12.3. The summed E-state index contributed by atoms with van der Waals surface area (Å²) in [6.45, 7) is 0. The number of amides is 2. The minimum atomic E-state index is -0.586. The Bertz CT molecular complexity index is 527. The van der Waals surface area contributed by atoms with Crippen molar-refractivity contribution >= 4 is 40.5 Å². The maximum Gasteiger partial charge on any atom is 0.320 e. The van der Waals surface area contributed by atoms with Crippen LogP contribution >= 0.6 is 23.8 Å². The van der Waals surface area contributed by atoms with Gasteiger partial charge < -0.3 is 16.4 Å². The zero-order chi connectivity index (χ0) is 15.3. The Hall–Kier alpha value is -1.33. The molecule has 1 aromatic rings. The molecule has 0 atom stereocenters. The SMILES string of the molecule is NC(=S)C1(NC(=O)Nc2ccccc2Cl)CCCCCC1. The first-order valence-electron chi connectivity index (χ1n) is 7.17. The second kappa shape index (κ2) is 7.09. The highest BCUT2D eigenvalue weighted by atomic mass is 35.5. The number of anilines is 1. The van der Waals surface area contributed by atoms with Gasteiger partial charge in [0.15, 0.2) is 0 Å². The lowest BCUT2D eigenvalue weighted by molar-refractivity contribution is 0.242. The molecule has 1 aliphatic carbocycles. The summed E-state index contributed by atoms with van der Waals surface area (Å²) >= 11 is 11.2. The lowest BCUT2D eigenvalue weighted by Gasteiger charge is -2.32. The molecule has 114 valence electrons. The molecule has 21 heavy (non-hydrogen) atoms. The van der Waals surface area contributed by atoms with Crippen molar-refractivity contribution in [1.82, 2.24) is 5.32 Å². The predicted octanol–water partition coefficient (Wildman–Crippen LogP) is 3.84. The van der Waals surface area contributed by atoms with E-state index in [1.165, 1.54) is 0 Å². The van der Waals surface area contributed by atoms with Gasteiger partial charge in [-0.15, -0.1) is 0 Å². The molecule has 1 saturated carbocycles. The second-order valence-corrected chi connectivity index (χ2v) is 6.27. The van der Waals surface area contributed by atoms with Crippen LogP contribution in [-0.2, 0) is 0 Å². The molecule has 2 rings (SSSR count). The number of carbonyl (C=O) groups is 1. The second-order valence-electron chi connectivity index (χ2n) is 5.42. The van der Waals surface area contributed by atoms with Crippen molar-refractivity contribution in [2.45, 2.75) is 44.1 Å². The third-order valence-corrected chi connectivity index (χ3v) is 4.62. The van der Waals surface area contributed by atoms with Crippen molar-refractivity contribution in [2.75, 3.05) is 5.32 Å². The van der Waals surface area contributed by atoms with Gasteiger partial charge in [-0.05, 0) is 25.0 Å². The highest BCUT2D eigenvalue weighted by Crippen LogP contribution is 2.28. The summed E-state index contributed by atoms with van der Waals surface area (Å²) in [6.07, 6.45) is 5.92. The summed E-state index contributed by atoms with van der Waals surface area (Å²) in [7, 11) is 0. The van der Waals surface area contributed by atoms with E-state index in [9.17, 15) is 4.79 Å². The van der Waals surface area contributed by atoms with Gasteiger partial charge in [0.25, 0.3) is 0 Å². The average molecular weight is 326 g/mol. The number of benzene rings is 1. The third-order valence-electron chi connectivity index (χ3n) is 3.90. The molecule has 0 radical (unpaired) electrons. The van der Waals surface area contributed by atoms with E-state index >= 15 is 0 Å². The standard InChI is InChI=1S/C15H20ClN3OS/c16-11-7-3-4-8-12(11)18-14(20)19-15(13(17)21)9-5-1-2-6-10-15/h3-4,7-8H,1-2,5-6,9-10H2,(H2,17,21)(H2,18,19,20). The Morgan fingerprint density at radius 1 is 1.19 bits per heavy atom. The fraction of sp³-hybridized carbons (Fsp3) is 0.467. The van der Waals surface area contributed by atoms with Crippen LogP contribution in [0.15, 0.2) is 24.3 Å². The summed E-state index contributed by atoms with van der Waals surface area (Å²) in [6, 6.07) is 6.79. The average Bonchev–Trinajstić information content (AvgIpc) is 2.68. The van der Waals surface area contributed by atoms with E-state index in [-0.39, 0.29) is 6.03 Å². The highest BCUT2D eigenvalue weighted by Gasteiger charge is 2.35. The minimum absolute atomic E-state index is 0.321. The Kier molecular flexibility index (Phi) is 5.42. The summed E-state index contributed by atoms with van der Waals surface area (Å²) in [5, 5.41) is 6.23. The summed E-state index contributed by atoms with van der Waals surface area (Å²) < 4.78 is 0. The van der Waals surface area contributed by atoms with E-state index < -0.39 is 5.54 Å². The van der Waals surface area contributed by atoms with Gasteiger partial charge >= 0.3 is 6.03 Å². The molecule has 1 fully saturated rings. The number of halogens is 1. The minimum Gasteiger partial charge on any atom is -0.391 e. The first kappa shape index (κ1) is 16.0. The molecule has 4 nitrogen and oxygen atoms in total. The van der Waals surface area contributed by atoms with Gasteiger partial charge in [-0.1, -0.05) is 61.6 Å². The van der Waals surface area contributed by atoms with E-state index in [1.54, 1.807) is 12.1 Å². The van der Waals surface area contributed by atoms with Gasteiger partial charge in [-0.2, -0.15) is 0 Å². The lowest BCUT2D eigenvalue weighted by Crippen LogP contribution is -2.57. The molecule has 0 heterocycles. The first-order chi connectivity index (χ1) is 10.0. The Morgan fingerprint density at radius 2 is 1.81 bits per heavy atom. The normalized spacial score (nSPS) is 17.6. The number of nitrogens with two attached hydrogens (primary N) is 1. The van der Waals surface area contributed by atoms with Gasteiger partial charge in [0.2, 0.25) is 0 Å². The number of hydrogen-bond donors (Lipinski definition) is 3. The van der Waals surface area contributed by atoms with Crippen LogP contribution in [0.1, 0.15) is 38.5 Å². The Balaban J connectivity index is 2.08. The first-order valence-corrected chi connectivity index (χ1v) is 7.96. The van der Waals surface area contributed by atoms with Crippen LogP contribution in [0.3, 0.4) is 0 Å². The van der Waals surface area contributed by atoms with E-state index in [2.05, 4.69) is 10.6 Å². The molecular formula is C15H20ClN3OS. The van der Waals surface area contributed by atoms with Gasteiger partial charge in [0.1, 0.15) is 0 Å². The van der Waals surface area contributed by atoms with Crippen molar-refractivity contribution in [1.29, 1.82) is 0 Å². The highest BCUT2D eigenvalue weighted by molar-refractivity contribution is 7.80. The van der Waals surface area contributed by atoms with E-state index in [4.69, 9.17) is 29.6 Å². The number of para-hydroxylation sites is 1. The van der Waals surface area contributed by atoms with Gasteiger partial charge in [0.05, 0.1) is 21.2 Å². The number of urea groups is 1. The van der Waals surface area contributed by atoms with Crippen LogP contribution in [0.4, 0.5) is 10.5 Å². The zero-order valence-electron chi connectivity index (χ0n) is 11.8. The number of nitrogens with one attached hydrogen (secondary N) is 2. The molecule has 0 unspecified atom stereocenters. The lowest BCUT2D eigenvalue weighted by atomic mass is 9.90. The van der Waals surface area contributed by atoms with Gasteiger partial charge in [-0.25, -0.2) is 4.79 Å². The maximum atomic E-state index is 12.3. The monoisotopic (exact) mass is 325 g/mol. The Labute approximate surface area is 135 Å². The molecule has 0 aliphatic heterocycles. The van der Waals surface area contributed by atoms with E-state index in [0.717, 1.165) is 38.5 Å². The number of thiocarbonyl (C=S) groups is 1. The summed E-state index contributed by atoms with van der Waals surface area (Å²) in [5.74, 6) is 0. The van der Waals surface area contributed by atoms with Crippen molar-refractivity contribution in [3.05, 3.63) is 29.3 Å². The molecule has 0 aromatic heterocycles. The van der Waals surface area contributed by atoms with Gasteiger partial charge in [-0.3, -0.25) is 0 Å². The van der Waals surface area contributed by atoms with Crippen LogP contribution in [0, 0.1) is 0 Å². The Morgan fingerprint density at radius 3 is 2.38 bits per heavy atom. The van der Waals surface area contributed by atoms with Crippen LogP contribution in [0.5, 0.6) is 0 Å². The van der Waals surface area contributed by atoms with Crippen molar-refractivity contribution in [2.24, 2.45) is 5.73 Å². The molecule has 1 aromatic carbocycles. The smallest absolute Gasteiger partial charge is 0.320 e. The topological polar surface area (TPSA) is 67.1 Å². The fourth-order valence-corrected chi connectivity index (χ4v) is 3.14. The molecule has 4 N–H and O–H groups in total. The number of rotatable bonds is 3. The summed E-state index contributed by atoms with van der Waals surface area (Å²) in [5.41, 5.74) is 5.89. The van der Waals surface area contributed by atoms with E-state index in [1.807, 2.05) is 12.1 Å². The quantitative estimate of drug-likeness (QED) is 0.584. The summed E-state index contributed by atoms with van der Waals surface area (Å²) in [4.78, 5) is 12.6. The molecule has 2 amide bonds. The largest absolute Gasteiger partial charge is 0.391 e.